The number of β-amino-alcohol motifs (C(OH)–C–C–N with tert-alkyl or cyclic N) is 1. The minimum absolute atomic E-state index is 0.160. The molecule has 2 N–H and O–H groups in total. The number of nitrogens with one attached hydrogen (secondary N) is 1. The summed E-state index contributed by atoms with van der Waals surface area (Å²) >= 11 is 1.60. The lowest BCUT2D eigenvalue weighted by atomic mass is 10.0. The summed E-state index contributed by atoms with van der Waals surface area (Å²) in [5, 5.41) is 13.1. The number of likely N-dealkylation sites (tertiary alicyclic amines) is 1. The lowest BCUT2D eigenvalue weighted by Gasteiger charge is -2.25. The van der Waals surface area contributed by atoms with Crippen LogP contribution in [-0.2, 0) is 11.3 Å². The summed E-state index contributed by atoms with van der Waals surface area (Å²) in [4.78, 5) is 33.1. The van der Waals surface area contributed by atoms with E-state index >= 15 is 0 Å². The molecular formula is C25H27N3O3S. The lowest BCUT2D eigenvalue weighted by molar-refractivity contribution is -0.125. The number of rotatable bonds is 5. The fourth-order valence-corrected chi connectivity index (χ4v) is 5.05. The molecule has 2 atom stereocenters. The molecule has 166 valence electrons. The molecule has 1 aliphatic heterocycles. The first-order valence-corrected chi connectivity index (χ1v) is 11.6. The molecule has 3 aromatic rings. The lowest BCUT2D eigenvalue weighted by Crippen LogP contribution is -2.46. The number of nitrogens with zero attached hydrogens (tertiary/aromatic N) is 2. The van der Waals surface area contributed by atoms with Gasteiger partial charge in [0.05, 0.1) is 22.2 Å². The molecule has 2 aromatic carbocycles. The van der Waals surface area contributed by atoms with Gasteiger partial charge in [0.1, 0.15) is 6.04 Å². The second-order valence-corrected chi connectivity index (χ2v) is 9.17. The van der Waals surface area contributed by atoms with Crippen LogP contribution in [0.5, 0.6) is 0 Å². The molecule has 1 aliphatic rings. The van der Waals surface area contributed by atoms with E-state index in [2.05, 4.69) is 10.3 Å². The molecule has 6 nitrogen and oxygen atoms in total. The van der Waals surface area contributed by atoms with Crippen LogP contribution in [0.2, 0.25) is 0 Å². The first-order valence-electron chi connectivity index (χ1n) is 10.7. The van der Waals surface area contributed by atoms with Crippen LogP contribution < -0.4 is 5.32 Å². The van der Waals surface area contributed by atoms with Crippen LogP contribution in [0.15, 0.2) is 48.0 Å². The highest BCUT2D eigenvalue weighted by molar-refractivity contribution is 7.13. The molecule has 0 bridgehead atoms. The number of carbonyl (C=O) groups is 2. The Morgan fingerprint density at radius 1 is 1.12 bits per heavy atom. The van der Waals surface area contributed by atoms with Gasteiger partial charge in [0.15, 0.2) is 0 Å². The Morgan fingerprint density at radius 3 is 2.44 bits per heavy atom. The molecule has 0 aliphatic carbocycles. The maximum absolute atomic E-state index is 13.2. The monoisotopic (exact) mass is 449 g/mol. The molecular weight excluding hydrogens is 422 g/mol. The Morgan fingerprint density at radius 2 is 1.81 bits per heavy atom. The zero-order valence-electron chi connectivity index (χ0n) is 18.5. The Bertz CT molecular complexity index is 1120. The van der Waals surface area contributed by atoms with Crippen molar-refractivity contribution in [3.05, 3.63) is 75.9 Å². The first kappa shape index (κ1) is 22.2. The van der Waals surface area contributed by atoms with Gasteiger partial charge in [-0.2, -0.15) is 0 Å². The maximum atomic E-state index is 13.2. The van der Waals surface area contributed by atoms with Crippen LogP contribution in [0.3, 0.4) is 0 Å². The summed E-state index contributed by atoms with van der Waals surface area (Å²) in [6, 6.07) is 13.0. The molecule has 1 fully saturated rings. The van der Waals surface area contributed by atoms with Crippen molar-refractivity contribution < 1.29 is 14.7 Å². The van der Waals surface area contributed by atoms with E-state index in [0.717, 1.165) is 32.8 Å². The molecule has 2 heterocycles. The van der Waals surface area contributed by atoms with Crippen molar-refractivity contribution in [3.63, 3.8) is 0 Å². The second kappa shape index (κ2) is 9.22. The van der Waals surface area contributed by atoms with Crippen LogP contribution in [0.4, 0.5) is 0 Å². The number of carbonyl (C=O) groups excluding carboxylic acids is 2. The summed E-state index contributed by atoms with van der Waals surface area (Å²) in [5.41, 5.74) is 7.25. The highest BCUT2D eigenvalue weighted by Crippen LogP contribution is 2.27. The zero-order chi connectivity index (χ0) is 22.8. The SMILES string of the molecule is Cc1cccc(C)c1C(=O)N1CC(O)CC1C(=O)NCc1ccc(-c2scnc2C)cc1. The van der Waals surface area contributed by atoms with Gasteiger partial charge < -0.3 is 15.3 Å². The van der Waals surface area contributed by atoms with Crippen LogP contribution >= 0.6 is 11.3 Å². The van der Waals surface area contributed by atoms with Gasteiger partial charge in [-0.05, 0) is 43.0 Å². The molecule has 1 saturated heterocycles. The minimum atomic E-state index is -0.707. The van der Waals surface area contributed by atoms with Crippen molar-refractivity contribution in [2.24, 2.45) is 0 Å². The van der Waals surface area contributed by atoms with Gasteiger partial charge in [-0.15, -0.1) is 11.3 Å². The normalized spacial score (nSPS) is 18.1. The number of amides is 2. The van der Waals surface area contributed by atoms with Gasteiger partial charge in [0.2, 0.25) is 5.91 Å². The minimum Gasteiger partial charge on any atom is -0.391 e. The molecule has 0 spiro atoms. The summed E-state index contributed by atoms with van der Waals surface area (Å²) < 4.78 is 0. The number of aryl methyl sites for hydroxylation is 3. The van der Waals surface area contributed by atoms with E-state index in [0.29, 0.717) is 12.1 Å². The highest BCUT2D eigenvalue weighted by atomic mass is 32.1. The molecule has 2 amide bonds. The number of thiazole rings is 1. The van der Waals surface area contributed by atoms with Gasteiger partial charge >= 0.3 is 0 Å². The van der Waals surface area contributed by atoms with Gasteiger partial charge in [-0.1, -0.05) is 42.5 Å². The molecule has 2 unspecified atom stereocenters. The number of aliphatic hydroxyl groups is 1. The van der Waals surface area contributed by atoms with Crippen molar-refractivity contribution in [2.45, 2.75) is 45.9 Å². The smallest absolute Gasteiger partial charge is 0.255 e. The van der Waals surface area contributed by atoms with Crippen molar-refractivity contribution in [2.75, 3.05) is 6.54 Å². The Labute approximate surface area is 191 Å². The van der Waals surface area contributed by atoms with E-state index in [4.69, 9.17) is 0 Å². The average Bonchev–Trinajstić information content (AvgIpc) is 3.37. The average molecular weight is 450 g/mol. The molecule has 4 rings (SSSR count). The summed E-state index contributed by atoms with van der Waals surface area (Å²) in [5.74, 6) is -0.454. The van der Waals surface area contributed by atoms with Crippen LogP contribution in [0, 0.1) is 20.8 Å². The predicted molar refractivity (Wildman–Crippen MR) is 125 cm³/mol. The zero-order valence-corrected chi connectivity index (χ0v) is 19.3. The van der Waals surface area contributed by atoms with Gasteiger partial charge in [-0.3, -0.25) is 9.59 Å². The van der Waals surface area contributed by atoms with Gasteiger partial charge in [0, 0.05) is 25.1 Å². The molecule has 0 radical (unpaired) electrons. The molecule has 1 aromatic heterocycles. The molecule has 0 saturated carbocycles. The van der Waals surface area contributed by atoms with E-state index in [9.17, 15) is 14.7 Å². The van der Waals surface area contributed by atoms with Crippen LogP contribution in [0.1, 0.15) is 39.2 Å². The third kappa shape index (κ3) is 4.45. The van der Waals surface area contributed by atoms with Crippen LogP contribution in [0.25, 0.3) is 10.4 Å². The Hall–Kier alpha value is -3.03. The van der Waals surface area contributed by atoms with Crippen molar-refractivity contribution in [3.8, 4) is 10.4 Å². The van der Waals surface area contributed by atoms with Crippen molar-refractivity contribution in [1.82, 2.24) is 15.2 Å². The molecule has 32 heavy (non-hydrogen) atoms. The number of benzene rings is 2. The Balaban J connectivity index is 1.44. The summed E-state index contributed by atoms with van der Waals surface area (Å²) in [6.45, 7) is 6.28. The second-order valence-electron chi connectivity index (χ2n) is 8.31. The van der Waals surface area contributed by atoms with E-state index in [1.807, 2.05) is 68.7 Å². The van der Waals surface area contributed by atoms with Gasteiger partial charge in [-0.25, -0.2) is 4.98 Å². The topological polar surface area (TPSA) is 82.5 Å². The van der Waals surface area contributed by atoms with E-state index < -0.39 is 12.1 Å². The van der Waals surface area contributed by atoms with Crippen molar-refractivity contribution in [1.29, 1.82) is 0 Å². The quantitative estimate of drug-likeness (QED) is 0.623. The number of aromatic nitrogens is 1. The third-order valence-corrected chi connectivity index (χ3v) is 6.94. The maximum Gasteiger partial charge on any atom is 0.255 e. The largest absolute Gasteiger partial charge is 0.391 e. The first-order chi connectivity index (χ1) is 15.3. The van der Waals surface area contributed by atoms with Gasteiger partial charge in [0.25, 0.3) is 5.91 Å². The number of hydrogen-bond acceptors (Lipinski definition) is 5. The number of aliphatic hydroxyl groups excluding tert-OH is 1. The van der Waals surface area contributed by atoms with E-state index in [1.165, 1.54) is 4.90 Å². The predicted octanol–water partition coefficient (Wildman–Crippen LogP) is 3.63. The molecule has 7 heteroatoms. The van der Waals surface area contributed by atoms with Crippen LogP contribution in [-0.4, -0.2) is 45.5 Å². The fourth-order valence-electron chi connectivity index (χ4n) is 4.24. The summed E-state index contributed by atoms with van der Waals surface area (Å²) in [7, 11) is 0. The Kier molecular flexibility index (Phi) is 6.39. The fraction of sp³-hybridized carbons (Fsp3) is 0.320. The number of hydrogen-bond donors (Lipinski definition) is 2. The van der Waals surface area contributed by atoms with Crippen molar-refractivity contribution >= 4 is 23.2 Å². The van der Waals surface area contributed by atoms with E-state index in [1.54, 1.807) is 11.3 Å². The summed E-state index contributed by atoms with van der Waals surface area (Å²) in [6.07, 6.45) is -0.465. The standard InChI is InChI=1S/C25H27N3O3S/c1-15-5-4-6-16(2)22(15)25(31)28-13-20(29)11-21(28)24(30)26-12-18-7-9-19(10-8-18)23-17(3)27-14-32-23/h4-10,14,20-21,29H,11-13H2,1-3H3,(H,26,30). The van der Waals surface area contributed by atoms with E-state index in [-0.39, 0.29) is 24.8 Å². The third-order valence-electron chi connectivity index (χ3n) is 5.97. The highest BCUT2D eigenvalue weighted by Gasteiger charge is 2.39.